The first-order valence-electron chi connectivity index (χ1n) is 9.24. The van der Waals surface area contributed by atoms with E-state index < -0.39 is 5.63 Å². The van der Waals surface area contributed by atoms with E-state index in [4.69, 9.17) is 14.3 Å². The zero-order valence-corrected chi connectivity index (χ0v) is 16.2. The van der Waals surface area contributed by atoms with Crippen LogP contribution in [0.5, 0.6) is 11.5 Å². The maximum atomic E-state index is 12.3. The van der Waals surface area contributed by atoms with E-state index in [-0.39, 0.29) is 23.5 Å². The van der Waals surface area contributed by atoms with Crippen LogP contribution < -0.4 is 10.4 Å². The summed E-state index contributed by atoms with van der Waals surface area (Å²) in [5, 5.41) is 20.0. The summed E-state index contributed by atoms with van der Waals surface area (Å²) in [5.41, 5.74) is 2.40. The quantitative estimate of drug-likeness (QED) is 0.385. The van der Waals surface area contributed by atoms with Crippen LogP contribution in [0.2, 0.25) is 0 Å². The fraction of sp³-hybridized carbons (Fsp3) is 0.409. The minimum absolute atomic E-state index is 0.0217. The molecule has 0 saturated carbocycles. The number of fused-ring (bicyclic) bond motifs is 1. The second-order valence-electron chi connectivity index (χ2n) is 6.85. The average molecular weight is 372 g/mol. The number of ether oxygens (including phenoxy) is 1. The minimum Gasteiger partial charge on any atom is -0.506 e. The van der Waals surface area contributed by atoms with E-state index >= 15 is 0 Å². The van der Waals surface area contributed by atoms with Crippen LogP contribution in [0.25, 0.3) is 11.0 Å². The van der Waals surface area contributed by atoms with E-state index in [1.54, 1.807) is 18.2 Å². The van der Waals surface area contributed by atoms with Crippen molar-refractivity contribution in [1.29, 1.82) is 0 Å². The van der Waals surface area contributed by atoms with Gasteiger partial charge in [-0.05, 0) is 45.7 Å². The molecule has 2 rings (SSSR count). The van der Waals surface area contributed by atoms with Crippen LogP contribution in [0, 0.1) is 0 Å². The SMILES string of the molecule is CC(C)=CCC/C(C)=C/Cc1c(O)c2c(OCCCO)cccc2oc1=O. The largest absolute Gasteiger partial charge is 0.506 e. The number of hydrogen-bond donors (Lipinski definition) is 2. The summed E-state index contributed by atoms with van der Waals surface area (Å²) in [6, 6.07) is 5.04. The molecule has 0 aliphatic rings. The first kappa shape index (κ1) is 20.8. The Morgan fingerprint density at radius 1 is 1.22 bits per heavy atom. The van der Waals surface area contributed by atoms with Crippen LogP contribution in [-0.2, 0) is 6.42 Å². The van der Waals surface area contributed by atoms with Crippen LogP contribution >= 0.6 is 0 Å². The highest BCUT2D eigenvalue weighted by atomic mass is 16.5. The second-order valence-corrected chi connectivity index (χ2v) is 6.85. The summed E-state index contributed by atoms with van der Waals surface area (Å²) in [4.78, 5) is 12.3. The maximum absolute atomic E-state index is 12.3. The van der Waals surface area contributed by atoms with Crippen LogP contribution in [0.1, 0.15) is 45.6 Å². The summed E-state index contributed by atoms with van der Waals surface area (Å²) in [5.74, 6) is 0.335. The van der Waals surface area contributed by atoms with E-state index in [2.05, 4.69) is 19.9 Å². The first-order valence-corrected chi connectivity index (χ1v) is 9.24. The Bertz CT molecular complexity index is 885. The van der Waals surface area contributed by atoms with Crippen molar-refractivity contribution in [3.8, 4) is 11.5 Å². The van der Waals surface area contributed by atoms with Crippen molar-refractivity contribution in [3.63, 3.8) is 0 Å². The molecule has 0 amide bonds. The molecular formula is C22H28O5. The van der Waals surface area contributed by atoms with Gasteiger partial charge in [0.25, 0.3) is 0 Å². The van der Waals surface area contributed by atoms with Crippen molar-refractivity contribution in [2.75, 3.05) is 13.2 Å². The molecule has 146 valence electrons. The van der Waals surface area contributed by atoms with Crippen molar-refractivity contribution in [3.05, 3.63) is 57.5 Å². The maximum Gasteiger partial charge on any atom is 0.343 e. The van der Waals surface area contributed by atoms with E-state index in [1.807, 2.05) is 13.0 Å². The topological polar surface area (TPSA) is 79.9 Å². The van der Waals surface area contributed by atoms with Gasteiger partial charge in [0.05, 0.1) is 12.2 Å². The van der Waals surface area contributed by atoms with Crippen LogP contribution in [0.15, 0.2) is 50.7 Å². The standard InChI is InChI=1S/C22H28O5/c1-15(2)7-4-8-16(3)11-12-17-21(24)20-18(26-14-6-13-23)9-5-10-19(20)27-22(17)25/h5,7,9-11,23-24H,4,6,8,12-14H2,1-3H3/b16-11+. The molecule has 1 aromatic heterocycles. The molecule has 0 radical (unpaired) electrons. The molecule has 0 atom stereocenters. The number of aromatic hydroxyl groups is 1. The van der Waals surface area contributed by atoms with Gasteiger partial charge in [-0.1, -0.05) is 29.4 Å². The minimum atomic E-state index is -0.541. The summed E-state index contributed by atoms with van der Waals surface area (Å²) in [6.07, 6.45) is 6.76. The molecule has 0 bridgehead atoms. The average Bonchev–Trinajstić information content (AvgIpc) is 2.61. The van der Waals surface area contributed by atoms with Gasteiger partial charge >= 0.3 is 5.63 Å². The van der Waals surface area contributed by atoms with Crippen molar-refractivity contribution < 1.29 is 19.4 Å². The molecule has 2 N–H and O–H groups in total. The molecule has 0 unspecified atom stereocenters. The van der Waals surface area contributed by atoms with E-state index in [1.165, 1.54) is 5.57 Å². The monoisotopic (exact) mass is 372 g/mol. The van der Waals surface area contributed by atoms with E-state index in [0.29, 0.717) is 30.6 Å². The first-order chi connectivity index (χ1) is 12.9. The Balaban J connectivity index is 2.30. The molecular weight excluding hydrogens is 344 g/mol. The molecule has 0 fully saturated rings. The Hall–Kier alpha value is -2.53. The number of aliphatic hydroxyl groups excluding tert-OH is 1. The Kier molecular flexibility index (Phi) is 7.67. The van der Waals surface area contributed by atoms with Gasteiger partial charge < -0.3 is 19.4 Å². The zero-order valence-electron chi connectivity index (χ0n) is 16.2. The lowest BCUT2D eigenvalue weighted by molar-refractivity contribution is 0.234. The lowest BCUT2D eigenvalue weighted by Gasteiger charge is -2.11. The molecule has 0 aliphatic heterocycles. The third kappa shape index (κ3) is 5.73. The molecule has 27 heavy (non-hydrogen) atoms. The molecule has 0 spiro atoms. The van der Waals surface area contributed by atoms with Crippen molar-refractivity contribution in [2.24, 2.45) is 0 Å². The normalized spacial score (nSPS) is 11.6. The third-order valence-electron chi connectivity index (χ3n) is 4.27. The molecule has 0 saturated heterocycles. The van der Waals surface area contributed by atoms with Gasteiger partial charge in [-0.25, -0.2) is 4.79 Å². The smallest absolute Gasteiger partial charge is 0.343 e. The number of benzene rings is 1. The van der Waals surface area contributed by atoms with E-state index in [9.17, 15) is 9.90 Å². The van der Waals surface area contributed by atoms with Crippen molar-refractivity contribution in [1.82, 2.24) is 0 Å². The van der Waals surface area contributed by atoms with Gasteiger partial charge in [0, 0.05) is 19.4 Å². The summed E-state index contributed by atoms with van der Waals surface area (Å²) < 4.78 is 11.0. The summed E-state index contributed by atoms with van der Waals surface area (Å²) >= 11 is 0. The fourth-order valence-corrected chi connectivity index (χ4v) is 2.75. The number of rotatable bonds is 9. The predicted molar refractivity (Wildman–Crippen MR) is 107 cm³/mol. The lowest BCUT2D eigenvalue weighted by atomic mass is 10.0. The number of allylic oxidation sites excluding steroid dienone is 4. The lowest BCUT2D eigenvalue weighted by Crippen LogP contribution is -2.08. The van der Waals surface area contributed by atoms with Gasteiger partial charge in [0.15, 0.2) is 0 Å². The van der Waals surface area contributed by atoms with Crippen LogP contribution in [-0.4, -0.2) is 23.4 Å². The zero-order chi connectivity index (χ0) is 19.8. The molecule has 5 nitrogen and oxygen atoms in total. The molecule has 1 heterocycles. The number of hydrogen-bond acceptors (Lipinski definition) is 5. The Labute approximate surface area is 159 Å². The van der Waals surface area contributed by atoms with Crippen LogP contribution in [0.4, 0.5) is 0 Å². The fourth-order valence-electron chi connectivity index (χ4n) is 2.75. The van der Waals surface area contributed by atoms with E-state index in [0.717, 1.165) is 18.4 Å². The molecule has 1 aromatic carbocycles. The Morgan fingerprint density at radius 3 is 2.70 bits per heavy atom. The summed E-state index contributed by atoms with van der Waals surface area (Å²) in [7, 11) is 0. The van der Waals surface area contributed by atoms with Gasteiger partial charge in [0.1, 0.15) is 22.5 Å². The number of aliphatic hydroxyl groups is 1. The second kappa shape index (κ2) is 9.97. The highest BCUT2D eigenvalue weighted by Crippen LogP contribution is 2.34. The van der Waals surface area contributed by atoms with Gasteiger partial charge in [-0.3, -0.25) is 0 Å². The molecule has 2 aromatic rings. The van der Waals surface area contributed by atoms with Crippen LogP contribution in [0.3, 0.4) is 0 Å². The van der Waals surface area contributed by atoms with Gasteiger partial charge in [0.2, 0.25) is 0 Å². The van der Waals surface area contributed by atoms with Gasteiger partial charge in [-0.2, -0.15) is 0 Å². The Morgan fingerprint density at radius 2 is 2.00 bits per heavy atom. The third-order valence-corrected chi connectivity index (χ3v) is 4.27. The summed E-state index contributed by atoms with van der Waals surface area (Å²) in [6.45, 7) is 6.48. The molecule has 0 aliphatic carbocycles. The highest BCUT2D eigenvalue weighted by Gasteiger charge is 2.16. The molecule has 5 heteroatoms. The van der Waals surface area contributed by atoms with Crippen molar-refractivity contribution in [2.45, 2.75) is 46.5 Å². The highest BCUT2D eigenvalue weighted by molar-refractivity contribution is 5.90. The van der Waals surface area contributed by atoms with Gasteiger partial charge in [-0.15, -0.1) is 0 Å². The predicted octanol–water partition coefficient (Wildman–Crippen LogP) is 4.50. The van der Waals surface area contributed by atoms with Crippen molar-refractivity contribution >= 4 is 11.0 Å².